The highest BCUT2D eigenvalue weighted by Crippen LogP contribution is 2.29. The van der Waals surface area contributed by atoms with Gasteiger partial charge in [0.15, 0.2) is 0 Å². The number of halogens is 1. The van der Waals surface area contributed by atoms with E-state index < -0.39 is 11.4 Å². The molecule has 2 aromatic rings. The van der Waals surface area contributed by atoms with Gasteiger partial charge in [-0.3, -0.25) is 4.79 Å². The molecular formula is C15H17ClN2O4. The molecule has 0 aliphatic heterocycles. The number of aromatic carboxylic acids is 1. The minimum Gasteiger partial charge on any atom is -0.490 e. The lowest BCUT2D eigenvalue weighted by atomic mass is 10.1. The fourth-order valence-electron chi connectivity index (χ4n) is 2.17. The lowest BCUT2D eigenvalue weighted by molar-refractivity contribution is 0.0695. The summed E-state index contributed by atoms with van der Waals surface area (Å²) in [6, 6.07) is 3.22. The Hall–Kier alpha value is -2.05. The highest BCUT2D eigenvalue weighted by Gasteiger charge is 2.18. The second-order valence-corrected chi connectivity index (χ2v) is 5.62. The monoisotopic (exact) mass is 324 g/mol. The van der Waals surface area contributed by atoms with Crippen molar-refractivity contribution in [2.24, 2.45) is 7.05 Å². The Morgan fingerprint density at radius 2 is 2.09 bits per heavy atom. The zero-order valence-corrected chi connectivity index (χ0v) is 13.3. The van der Waals surface area contributed by atoms with Gasteiger partial charge in [-0.25, -0.2) is 4.79 Å². The van der Waals surface area contributed by atoms with Crippen LogP contribution in [0.25, 0.3) is 10.9 Å². The molecule has 1 aromatic carbocycles. The average molecular weight is 325 g/mol. The van der Waals surface area contributed by atoms with Crippen LogP contribution in [0.15, 0.2) is 23.1 Å². The molecule has 0 aliphatic carbocycles. The second kappa shape index (κ2) is 6.37. The summed E-state index contributed by atoms with van der Waals surface area (Å²) < 4.78 is 7.27. The summed E-state index contributed by atoms with van der Waals surface area (Å²) in [7, 11) is 5.51. The summed E-state index contributed by atoms with van der Waals surface area (Å²) >= 11 is 6.10. The van der Waals surface area contributed by atoms with Crippen molar-refractivity contribution in [1.82, 2.24) is 9.47 Å². The number of ether oxygens (including phenoxy) is 1. The van der Waals surface area contributed by atoms with Crippen molar-refractivity contribution in [2.75, 3.05) is 27.2 Å². The van der Waals surface area contributed by atoms with E-state index in [0.29, 0.717) is 24.4 Å². The molecule has 2 rings (SSSR count). The summed E-state index contributed by atoms with van der Waals surface area (Å²) in [5, 5.41) is 9.48. The van der Waals surface area contributed by atoms with E-state index in [2.05, 4.69) is 0 Å². The molecule has 0 fully saturated rings. The molecular weight excluding hydrogens is 308 g/mol. The maximum Gasteiger partial charge on any atom is 0.341 e. The third-order valence-corrected chi connectivity index (χ3v) is 3.58. The number of benzene rings is 1. The van der Waals surface area contributed by atoms with E-state index in [0.717, 1.165) is 0 Å². The Balaban J connectivity index is 2.62. The van der Waals surface area contributed by atoms with Gasteiger partial charge in [0.25, 0.3) is 0 Å². The van der Waals surface area contributed by atoms with Gasteiger partial charge in [-0.05, 0) is 26.2 Å². The number of aromatic nitrogens is 1. The van der Waals surface area contributed by atoms with Crippen LogP contribution in [0, 0.1) is 0 Å². The number of hydrogen-bond acceptors (Lipinski definition) is 4. The Bertz CT molecular complexity index is 783. The van der Waals surface area contributed by atoms with Crippen molar-refractivity contribution in [3.05, 3.63) is 39.1 Å². The third kappa shape index (κ3) is 3.08. The van der Waals surface area contributed by atoms with Crippen LogP contribution >= 0.6 is 11.6 Å². The number of carboxylic acid groups (broad SMARTS) is 1. The molecule has 0 radical (unpaired) electrons. The molecule has 22 heavy (non-hydrogen) atoms. The first-order valence-electron chi connectivity index (χ1n) is 6.65. The zero-order chi connectivity index (χ0) is 16.4. The van der Waals surface area contributed by atoms with Gasteiger partial charge in [0.1, 0.15) is 17.9 Å². The number of likely N-dealkylation sites (N-methyl/N-ethyl adjacent to an activating group) is 1. The van der Waals surface area contributed by atoms with E-state index in [1.165, 1.54) is 6.20 Å². The molecule has 1 N–H and O–H groups in total. The summed E-state index contributed by atoms with van der Waals surface area (Å²) in [6.45, 7) is 1.16. The van der Waals surface area contributed by atoms with Crippen molar-refractivity contribution in [3.8, 4) is 5.75 Å². The van der Waals surface area contributed by atoms with E-state index in [9.17, 15) is 9.59 Å². The van der Waals surface area contributed by atoms with E-state index >= 15 is 0 Å². The van der Waals surface area contributed by atoms with E-state index in [-0.39, 0.29) is 16.0 Å². The summed E-state index contributed by atoms with van der Waals surface area (Å²) in [4.78, 5) is 25.5. The van der Waals surface area contributed by atoms with Gasteiger partial charge in [0.05, 0.1) is 15.9 Å². The number of carboxylic acids is 1. The maximum absolute atomic E-state index is 12.3. The van der Waals surface area contributed by atoms with Crippen molar-refractivity contribution in [2.45, 2.75) is 0 Å². The lowest BCUT2D eigenvalue weighted by Crippen LogP contribution is -2.21. The molecule has 0 atom stereocenters. The van der Waals surface area contributed by atoms with Crippen LogP contribution in [0.4, 0.5) is 0 Å². The molecule has 118 valence electrons. The first-order chi connectivity index (χ1) is 10.3. The molecule has 0 saturated carbocycles. The Labute approximate surface area is 132 Å². The van der Waals surface area contributed by atoms with Crippen LogP contribution in [-0.4, -0.2) is 47.8 Å². The Morgan fingerprint density at radius 3 is 2.68 bits per heavy atom. The zero-order valence-electron chi connectivity index (χ0n) is 12.6. The lowest BCUT2D eigenvalue weighted by Gasteiger charge is -2.15. The van der Waals surface area contributed by atoms with Crippen LogP contribution in [-0.2, 0) is 7.05 Å². The van der Waals surface area contributed by atoms with Crippen LogP contribution < -0.4 is 10.2 Å². The number of carbonyl (C=O) groups is 1. The molecule has 0 bridgehead atoms. The molecule has 0 unspecified atom stereocenters. The quantitative estimate of drug-likeness (QED) is 0.908. The summed E-state index contributed by atoms with van der Waals surface area (Å²) in [5.41, 5.74) is -0.438. The van der Waals surface area contributed by atoms with Crippen LogP contribution in [0.2, 0.25) is 5.02 Å². The minimum absolute atomic E-state index is 0.159. The largest absolute Gasteiger partial charge is 0.490 e. The topological polar surface area (TPSA) is 71.8 Å². The van der Waals surface area contributed by atoms with Crippen LogP contribution in [0.5, 0.6) is 5.75 Å². The maximum atomic E-state index is 12.3. The second-order valence-electron chi connectivity index (χ2n) is 5.21. The molecule has 1 aromatic heterocycles. The minimum atomic E-state index is -1.28. The number of aryl methyl sites for hydroxylation is 1. The standard InChI is InChI=1S/C15H17ClN2O4/c1-17(2)6-7-22-11-5-4-10(16)12-13(11)18(3)8-9(14(12)19)15(20)21/h4-5,8H,6-7H2,1-3H3,(H,20,21). The fraction of sp³-hybridized carbons (Fsp3) is 0.333. The smallest absolute Gasteiger partial charge is 0.341 e. The van der Waals surface area contributed by atoms with Crippen LogP contribution in [0.1, 0.15) is 10.4 Å². The predicted molar refractivity (Wildman–Crippen MR) is 85.2 cm³/mol. The Kier molecular flexibility index (Phi) is 4.73. The predicted octanol–water partition coefficient (Wildman–Crippen LogP) is 1.83. The van der Waals surface area contributed by atoms with Gasteiger partial charge < -0.3 is 19.3 Å². The van der Waals surface area contributed by atoms with Gasteiger partial charge in [0, 0.05) is 19.8 Å². The average Bonchev–Trinajstić information content (AvgIpc) is 2.43. The van der Waals surface area contributed by atoms with Gasteiger partial charge in [-0.15, -0.1) is 0 Å². The van der Waals surface area contributed by atoms with Crippen molar-refractivity contribution < 1.29 is 14.6 Å². The highest BCUT2D eigenvalue weighted by atomic mass is 35.5. The van der Waals surface area contributed by atoms with Gasteiger partial charge in [0.2, 0.25) is 5.43 Å². The number of pyridine rings is 1. The first kappa shape index (κ1) is 16.3. The van der Waals surface area contributed by atoms with Gasteiger partial charge >= 0.3 is 5.97 Å². The van der Waals surface area contributed by atoms with Crippen molar-refractivity contribution >= 4 is 28.5 Å². The molecule has 7 heteroatoms. The first-order valence-corrected chi connectivity index (χ1v) is 7.03. The van der Waals surface area contributed by atoms with Crippen molar-refractivity contribution in [1.29, 1.82) is 0 Å². The third-order valence-electron chi connectivity index (χ3n) is 3.26. The van der Waals surface area contributed by atoms with E-state index in [1.807, 2.05) is 19.0 Å². The summed E-state index contributed by atoms with van der Waals surface area (Å²) in [6.07, 6.45) is 1.28. The molecule has 6 nitrogen and oxygen atoms in total. The number of fused-ring (bicyclic) bond motifs is 1. The van der Waals surface area contributed by atoms with Gasteiger partial charge in [-0.2, -0.15) is 0 Å². The normalized spacial score (nSPS) is 11.1. The fourth-order valence-corrected chi connectivity index (χ4v) is 2.41. The van der Waals surface area contributed by atoms with Crippen molar-refractivity contribution in [3.63, 3.8) is 0 Å². The number of rotatable bonds is 5. The molecule has 1 heterocycles. The Morgan fingerprint density at radius 1 is 1.41 bits per heavy atom. The SMILES string of the molecule is CN(C)CCOc1ccc(Cl)c2c(=O)c(C(=O)O)cn(C)c12. The van der Waals surface area contributed by atoms with E-state index in [1.54, 1.807) is 23.7 Å². The molecule has 0 spiro atoms. The van der Waals surface area contributed by atoms with Gasteiger partial charge in [-0.1, -0.05) is 11.6 Å². The van der Waals surface area contributed by atoms with Crippen LogP contribution in [0.3, 0.4) is 0 Å². The number of nitrogens with zero attached hydrogens (tertiary/aromatic N) is 2. The number of hydrogen-bond donors (Lipinski definition) is 1. The summed E-state index contributed by atoms with van der Waals surface area (Å²) in [5.74, 6) is -0.782. The molecule has 0 saturated heterocycles. The molecule has 0 aliphatic rings. The van der Waals surface area contributed by atoms with E-state index in [4.69, 9.17) is 21.4 Å². The molecule has 0 amide bonds. The highest BCUT2D eigenvalue weighted by molar-refractivity contribution is 6.35.